The van der Waals surface area contributed by atoms with E-state index in [1.807, 2.05) is 24.0 Å². The molecule has 2 aliphatic rings. The third-order valence-electron chi connectivity index (χ3n) is 5.57. The number of hydrogen-bond acceptors (Lipinski definition) is 4. The van der Waals surface area contributed by atoms with Crippen molar-refractivity contribution in [2.24, 2.45) is 11.8 Å². The van der Waals surface area contributed by atoms with Crippen molar-refractivity contribution in [1.82, 2.24) is 19.8 Å². The van der Waals surface area contributed by atoms with Gasteiger partial charge in [-0.3, -0.25) is 0 Å². The molecule has 0 saturated carbocycles. The number of likely N-dealkylation sites (tertiary alicyclic amines) is 1. The van der Waals surface area contributed by atoms with Crippen LogP contribution in [0.1, 0.15) is 17.4 Å². The van der Waals surface area contributed by atoms with Crippen LogP contribution in [0.4, 0.5) is 15.0 Å². The highest BCUT2D eigenvalue weighted by Gasteiger charge is 2.49. The maximum Gasteiger partial charge on any atom is 0.320 e. The van der Waals surface area contributed by atoms with E-state index in [9.17, 15) is 9.18 Å². The van der Waals surface area contributed by atoms with Crippen LogP contribution in [0.5, 0.6) is 0 Å². The number of benzene rings is 1. The second-order valence-corrected chi connectivity index (χ2v) is 7.62. The van der Waals surface area contributed by atoms with E-state index in [4.69, 9.17) is 0 Å². The van der Waals surface area contributed by atoms with Gasteiger partial charge in [0.15, 0.2) is 0 Å². The number of aromatic nitrogens is 2. The van der Waals surface area contributed by atoms with Crippen LogP contribution in [0.15, 0.2) is 36.5 Å². The minimum atomic E-state index is -0.269. The van der Waals surface area contributed by atoms with Gasteiger partial charge >= 0.3 is 6.03 Å². The highest BCUT2D eigenvalue weighted by molar-refractivity contribution is 5.75. The number of halogens is 1. The van der Waals surface area contributed by atoms with Gasteiger partial charge in [-0.15, -0.1) is 0 Å². The summed E-state index contributed by atoms with van der Waals surface area (Å²) in [6.07, 6.45) is 1.78. The monoisotopic (exact) mass is 369 g/mol. The number of nitrogens with zero attached hydrogens (tertiary/aromatic N) is 5. The topological polar surface area (TPSA) is 52.6 Å². The molecule has 2 aromatic rings. The lowest BCUT2D eigenvalue weighted by Gasteiger charge is -2.32. The van der Waals surface area contributed by atoms with Crippen LogP contribution >= 0.6 is 0 Å². The maximum atomic E-state index is 13.9. The molecule has 6 nitrogen and oxygen atoms in total. The van der Waals surface area contributed by atoms with Gasteiger partial charge in [-0.05, 0) is 30.7 Å². The lowest BCUT2D eigenvalue weighted by atomic mass is 9.89. The Hall–Kier alpha value is -2.70. The Labute approximate surface area is 158 Å². The predicted octanol–water partition coefficient (Wildman–Crippen LogP) is 2.72. The van der Waals surface area contributed by atoms with Crippen molar-refractivity contribution in [3.8, 4) is 0 Å². The van der Waals surface area contributed by atoms with Crippen LogP contribution in [0.25, 0.3) is 0 Å². The fourth-order valence-corrected chi connectivity index (χ4v) is 4.42. The largest absolute Gasteiger partial charge is 0.356 e. The van der Waals surface area contributed by atoms with Crippen molar-refractivity contribution < 1.29 is 9.18 Å². The summed E-state index contributed by atoms with van der Waals surface area (Å²) < 4.78 is 13.9. The van der Waals surface area contributed by atoms with Crippen LogP contribution in [0.3, 0.4) is 0 Å². The van der Waals surface area contributed by atoms with E-state index in [0.29, 0.717) is 12.5 Å². The Morgan fingerprint density at radius 2 is 2.04 bits per heavy atom. The Kier molecular flexibility index (Phi) is 4.45. The van der Waals surface area contributed by atoms with Gasteiger partial charge in [0.05, 0.1) is 6.04 Å². The third-order valence-corrected chi connectivity index (χ3v) is 5.57. The van der Waals surface area contributed by atoms with Crippen LogP contribution in [0.2, 0.25) is 0 Å². The zero-order valence-electron chi connectivity index (χ0n) is 15.8. The van der Waals surface area contributed by atoms with E-state index < -0.39 is 0 Å². The third kappa shape index (κ3) is 3.22. The second kappa shape index (κ2) is 6.79. The molecule has 2 saturated heterocycles. The summed E-state index contributed by atoms with van der Waals surface area (Å²) >= 11 is 0. The Bertz CT molecular complexity index is 858. The molecule has 7 heteroatoms. The number of aryl methyl sites for hydroxylation is 1. The summed E-state index contributed by atoms with van der Waals surface area (Å²) in [4.78, 5) is 27.2. The summed E-state index contributed by atoms with van der Waals surface area (Å²) in [6, 6.07) is 8.41. The molecule has 2 amide bonds. The van der Waals surface area contributed by atoms with Gasteiger partial charge in [0.1, 0.15) is 17.5 Å². The fourth-order valence-electron chi connectivity index (χ4n) is 4.42. The first-order chi connectivity index (χ1) is 12.9. The molecule has 0 radical (unpaired) electrons. The Morgan fingerprint density at radius 1 is 1.22 bits per heavy atom. The van der Waals surface area contributed by atoms with Crippen molar-refractivity contribution in [2.75, 3.05) is 38.6 Å². The Balaban J connectivity index is 1.65. The lowest BCUT2D eigenvalue weighted by molar-refractivity contribution is 0.159. The van der Waals surface area contributed by atoms with Gasteiger partial charge in [0.2, 0.25) is 0 Å². The van der Waals surface area contributed by atoms with E-state index in [2.05, 4.69) is 14.9 Å². The molecule has 0 spiro atoms. The quantitative estimate of drug-likeness (QED) is 0.817. The average Bonchev–Trinajstić information content (AvgIpc) is 3.18. The molecular formula is C20H24FN5O. The number of anilines is 1. The number of hydrogen-bond donors (Lipinski definition) is 0. The minimum absolute atomic E-state index is 0.0249. The van der Waals surface area contributed by atoms with Crippen LogP contribution < -0.4 is 4.90 Å². The number of rotatable bonds is 2. The van der Waals surface area contributed by atoms with Crippen molar-refractivity contribution in [3.05, 3.63) is 53.7 Å². The summed E-state index contributed by atoms with van der Waals surface area (Å²) in [5.41, 5.74) is 0.860. The van der Waals surface area contributed by atoms with Gasteiger partial charge in [0, 0.05) is 51.8 Å². The Morgan fingerprint density at radius 3 is 2.74 bits per heavy atom. The molecular weight excluding hydrogens is 345 g/mol. The highest BCUT2D eigenvalue weighted by Crippen LogP contribution is 2.46. The average molecular weight is 369 g/mol. The van der Waals surface area contributed by atoms with Crippen LogP contribution in [-0.4, -0.2) is 59.5 Å². The summed E-state index contributed by atoms with van der Waals surface area (Å²) in [6.45, 7) is 4.18. The van der Waals surface area contributed by atoms with Crippen molar-refractivity contribution in [2.45, 2.75) is 13.0 Å². The van der Waals surface area contributed by atoms with Gasteiger partial charge in [-0.25, -0.2) is 19.2 Å². The first-order valence-corrected chi connectivity index (χ1v) is 9.22. The smallest absolute Gasteiger partial charge is 0.320 e. The first-order valence-electron chi connectivity index (χ1n) is 9.22. The van der Waals surface area contributed by atoms with E-state index in [1.165, 1.54) is 6.07 Å². The predicted molar refractivity (Wildman–Crippen MR) is 101 cm³/mol. The molecule has 3 atom stereocenters. The molecule has 1 aromatic carbocycles. The normalized spacial score (nSPS) is 24.2. The summed E-state index contributed by atoms with van der Waals surface area (Å²) in [5.74, 6) is 1.97. The van der Waals surface area contributed by atoms with Gasteiger partial charge in [-0.1, -0.05) is 12.1 Å². The molecule has 2 aliphatic heterocycles. The molecule has 27 heavy (non-hydrogen) atoms. The molecule has 0 unspecified atom stereocenters. The number of urea groups is 1. The van der Waals surface area contributed by atoms with Gasteiger partial charge in [0.25, 0.3) is 0 Å². The van der Waals surface area contributed by atoms with Crippen LogP contribution in [-0.2, 0) is 0 Å². The standard InChI is InChI=1S/C20H24FN5O/c1-13-22-8-7-18(23-13)25-10-15-11-26(20(27)24(2)3)19(17(15)12-25)14-5-4-6-16(21)9-14/h4-9,15,17,19H,10-12H2,1-3H3/t15-,17-,19-/m1/s1. The first kappa shape index (κ1) is 17.7. The van der Waals surface area contributed by atoms with E-state index in [1.54, 1.807) is 37.3 Å². The highest BCUT2D eigenvalue weighted by atomic mass is 19.1. The van der Waals surface area contributed by atoms with Crippen molar-refractivity contribution in [3.63, 3.8) is 0 Å². The van der Waals surface area contributed by atoms with E-state index >= 15 is 0 Å². The van der Waals surface area contributed by atoms with Crippen molar-refractivity contribution >= 4 is 11.8 Å². The zero-order chi connectivity index (χ0) is 19.1. The molecule has 142 valence electrons. The minimum Gasteiger partial charge on any atom is -0.356 e. The van der Waals surface area contributed by atoms with Gasteiger partial charge in [-0.2, -0.15) is 0 Å². The second-order valence-electron chi connectivity index (χ2n) is 7.62. The number of carbonyl (C=O) groups excluding carboxylic acids is 1. The lowest BCUT2D eigenvalue weighted by Crippen LogP contribution is -2.41. The molecule has 4 rings (SSSR count). The molecule has 0 N–H and O–H groups in total. The zero-order valence-corrected chi connectivity index (χ0v) is 15.8. The number of carbonyl (C=O) groups is 1. The summed E-state index contributed by atoms with van der Waals surface area (Å²) in [5, 5.41) is 0. The number of amides is 2. The maximum absolute atomic E-state index is 13.9. The molecule has 2 fully saturated rings. The summed E-state index contributed by atoms with van der Waals surface area (Å²) in [7, 11) is 3.52. The fraction of sp³-hybridized carbons (Fsp3) is 0.450. The molecule has 0 bridgehead atoms. The molecule has 0 aliphatic carbocycles. The number of fused-ring (bicyclic) bond motifs is 1. The van der Waals surface area contributed by atoms with Crippen LogP contribution in [0, 0.1) is 24.6 Å². The van der Waals surface area contributed by atoms with E-state index in [-0.39, 0.29) is 23.8 Å². The SMILES string of the molecule is Cc1nccc(N2C[C@@H]3CN(C(=O)N(C)C)[C@H](c4cccc(F)c4)[C@@H]3C2)n1. The van der Waals surface area contributed by atoms with E-state index in [0.717, 1.165) is 30.3 Å². The van der Waals surface area contributed by atoms with Gasteiger partial charge < -0.3 is 14.7 Å². The molecule has 3 heterocycles. The molecule has 1 aromatic heterocycles. The van der Waals surface area contributed by atoms with Crippen molar-refractivity contribution in [1.29, 1.82) is 0 Å².